The number of rotatable bonds is 10. The topological polar surface area (TPSA) is 110 Å². The van der Waals surface area contributed by atoms with Crippen LogP contribution in [0.5, 0.6) is 0 Å². The molecule has 3 rings (SSSR count). The smallest absolute Gasteiger partial charge is 0.408 e. The summed E-state index contributed by atoms with van der Waals surface area (Å²) in [5.74, 6) is 0.0928. The number of nitrogens with zero attached hydrogens (tertiary/aromatic N) is 2. The lowest BCUT2D eigenvalue weighted by Gasteiger charge is -2.29. The molecule has 1 unspecified atom stereocenters. The van der Waals surface area contributed by atoms with Crippen molar-refractivity contribution in [3.63, 3.8) is 0 Å². The second-order valence-corrected chi connectivity index (χ2v) is 10.6. The van der Waals surface area contributed by atoms with Gasteiger partial charge in [-0.3, -0.25) is 14.5 Å². The van der Waals surface area contributed by atoms with Crippen molar-refractivity contribution in [3.05, 3.63) is 82.4 Å². The minimum Gasteiger partial charge on any atom is -0.444 e. The van der Waals surface area contributed by atoms with Gasteiger partial charge in [0.1, 0.15) is 17.2 Å². The second-order valence-electron chi connectivity index (χ2n) is 10.2. The van der Waals surface area contributed by atoms with Crippen LogP contribution in [0.15, 0.2) is 60.7 Å². The minimum absolute atomic E-state index is 0.136. The van der Waals surface area contributed by atoms with Crippen molar-refractivity contribution in [1.82, 2.24) is 25.4 Å². The minimum atomic E-state index is -1.27. The van der Waals surface area contributed by atoms with Gasteiger partial charge < -0.3 is 20.1 Å². The molecule has 10 heteroatoms. The number of H-pyrrole nitrogens is 1. The monoisotopic (exact) mass is 525 g/mol. The van der Waals surface area contributed by atoms with Crippen LogP contribution in [-0.4, -0.2) is 44.5 Å². The SMILES string of the molecule is CC(C)(C)OC(=O)NC(C)(C)C(=O)NC(COCc1ccccc1)c1n[nH]c(=S)n1Cc1ccccc1. The van der Waals surface area contributed by atoms with Gasteiger partial charge in [-0.1, -0.05) is 60.7 Å². The van der Waals surface area contributed by atoms with Crippen molar-refractivity contribution < 1.29 is 19.1 Å². The summed E-state index contributed by atoms with van der Waals surface area (Å²) < 4.78 is 13.6. The highest BCUT2D eigenvalue weighted by molar-refractivity contribution is 7.71. The first-order valence-electron chi connectivity index (χ1n) is 12.1. The molecule has 0 aliphatic heterocycles. The number of benzene rings is 2. The Hall–Kier alpha value is -3.50. The Labute approximate surface area is 222 Å². The largest absolute Gasteiger partial charge is 0.444 e. The molecule has 0 bridgehead atoms. The normalized spacial score (nSPS) is 12.6. The van der Waals surface area contributed by atoms with E-state index in [-0.39, 0.29) is 6.61 Å². The lowest BCUT2D eigenvalue weighted by atomic mass is 10.0. The van der Waals surface area contributed by atoms with Crippen LogP contribution in [0.3, 0.4) is 0 Å². The van der Waals surface area contributed by atoms with E-state index in [1.165, 1.54) is 0 Å². The molecular formula is C27H35N5O4S. The van der Waals surface area contributed by atoms with Gasteiger partial charge in [-0.2, -0.15) is 5.10 Å². The maximum absolute atomic E-state index is 13.3. The van der Waals surface area contributed by atoms with Crippen molar-refractivity contribution in [2.24, 2.45) is 0 Å². The number of alkyl carbamates (subject to hydrolysis) is 1. The highest BCUT2D eigenvalue weighted by atomic mass is 32.1. The van der Waals surface area contributed by atoms with E-state index in [9.17, 15) is 9.59 Å². The number of hydrogen-bond donors (Lipinski definition) is 3. The predicted octanol–water partition coefficient (Wildman–Crippen LogP) is 4.67. The standard InChI is InChI=1S/C27H35N5O4S/c1-26(2,3)36-25(34)29-27(4,5)23(33)28-21(18-35-17-20-14-10-7-11-15-20)22-30-31-24(37)32(22)16-19-12-8-6-9-13-19/h6-15,21H,16-18H2,1-5H3,(H,28,33)(H,29,34)(H,31,37). The molecule has 0 radical (unpaired) electrons. The first-order chi connectivity index (χ1) is 17.4. The Morgan fingerprint density at radius 1 is 1.00 bits per heavy atom. The van der Waals surface area contributed by atoms with E-state index in [1.54, 1.807) is 34.6 Å². The zero-order valence-corrected chi connectivity index (χ0v) is 22.7. The maximum Gasteiger partial charge on any atom is 0.408 e. The van der Waals surface area contributed by atoms with Crippen molar-refractivity contribution in [1.29, 1.82) is 0 Å². The van der Waals surface area contributed by atoms with Crippen LogP contribution < -0.4 is 10.6 Å². The molecule has 198 valence electrons. The van der Waals surface area contributed by atoms with Gasteiger partial charge in [0.2, 0.25) is 5.91 Å². The fraction of sp³-hybridized carbons (Fsp3) is 0.407. The molecule has 1 heterocycles. The average Bonchev–Trinajstić information content (AvgIpc) is 3.18. The number of carbonyl (C=O) groups excluding carboxylic acids is 2. The molecule has 1 atom stereocenters. The van der Waals surface area contributed by atoms with Gasteiger partial charge in [0.25, 0.3) is 0 Å². The van der Waals surface area contributed by atoms with E-state index in [1.807, 2.05) is 65.2 Å². The Balaban J connectivity index is 1.81. The van der Waals surface area contributed by atoms with Crippen LogP contribution in [0.2, 0.25) is 0 Å². The number of aromatic amines is 1. The molecule has 2 amide bonds. The van der Waals surface area contributed by atoms with Gasteiger partial charge in [-0.05, 0) is 58.0 Å². The van der Waals surface area contributed by atoms with Crippen LogP contribution in [0.1, 0.15) is 57.6 Å². The van der Waals surface area contributed by atoms with Gasteiger partial charge in [0.05, 0.1) is 19.8 Å². The quantitative estimate of drug-likeness (QED) is 0.332. The van der Waals surface area contributed by atoms with Crippen molar-refractivity contribution in [2.45, 2.75) is 65.0 Å². The Bertz CT molecular complexity index is 1230. The van der Waals surface area contributed by atoms with E-state index >= 15 is 0 Å². The average molecular weight is 526 g/mol. The molecule has 3 aromatic rings. The maximum atomic E-state index is 13.3. The Kier molecular flexibility index (Phi) is 9.23. The van der Waals surface area contributed by atoms with Crippen LogP contribution in [0.25, 0.3) is 0 Å². The number of amides is 2. The van der Waals surface area contributed by atoms with Gasteiger partial charge in [-0.15, -0.1) is 0 Å². The number of carbonyl (C=O) groups is 2. The molecule has 0 aliphatic rings. The van der Waals surface area contributed by atoms with Crippen LogP contribution >= 0.6 is 12.2 Å². The molecule has 9 nitrogen and oxygen atoms in total. The van der Waals surface area contributed by atoms with Crippen LogP contribution in [0, 0.1) is 4.77 Å². The summed E-state index contributed by atoms with van der Waals surface area (Å²) in [5, 5.41) is 12.9. The van der Waals surface area contributed by atoms with E-state index in [4.69, 9.17) is 21.7 Å². The number of hydrogen-bond acceptors (Lipinski definition) is 6. The third-order valence-corrected chi connectivity index (χ3v) is 5.68. The predicted molar refractivity (Wildman–Crippen MR) is 143 cm³/mol. The Morgan fingerprint density at radius 3 is 2.19 bits per heavy atom. The van der Waals surface area contributed by atoms with E-state index in [0.29, 0.717) is 23.7 Å². The summed E-state index contributed by atoms with van der Waals surface area (Å²) in [6.45, 7) is 9.45. The summed E-state index contributed by atoms with van der Waals surface area (Å²) in [5.41, 5.74) is 0.0748. The van der Waals surface area contributed by atoms with E-state index < -0.39 is 29.2 Å². The number of nitrogens with one attached hydrogen (secondary N) is 3. The van der Waals surface area contributed by atoms with Crippen molar-refractivity contribution in [3.8, 4) is 0 Å². The summed E-state index contributed by atoms with van der Waals surface area (Å²) in [6.07, 6.45) is -0.684. The third-order valence-electron chi connectivity index (χ3n) is 5.37. The van der Waals surface area contributed by atoms with Gasteiger partial charge in [0.15, 0.2) is 10.6 Å². The van der Waals surface area contributed by atoms with Gasteiger partial charge in [-0.25, -0.2) is 4.79 Å². The van der Waals surface area contributed by atoms with Crippen LogP contribution in [0.4, 0.5) is 4.79 Å². The first kappa shape index (κ1) is 28.1. The van der Waals surface area contributed by atoms with E-state index in [2.05, 4.69) is 20.8 Å². The van der Waals surface area contributed by atoms with Crippen LogP contribution in [-0.2, 0) is 27.4 Å². The lowest BCUT2D eigenvalue weighted by molar-refractivity contribution is -0.127. The van der Waals surface area contributed by atoms with E-state index in [0.717, 1.165) is 11.1 Å². The summed E-state index contributed by atoms with van der Waals surface area (Å²) in [7, 11) is 0. The zero-order valence-electron chi connectivity index (χ0n) is 21.9. The fourth-order valence-corrected chi connectivity index (χ4v) is 3.72. The lowest BCUT2D eigenvalue weighted by Crippen LogP contribution is -2.56. The Morgan fingerprint density at radius 2 is 1.59 bits per heavy atom. The molecule has 0 saturated heterocycles. The molecule has 0 saturated carbocycles. The van der Waals surface area contributed by atoms with Crippen molar-refractivity contribution in [2.75, 3.05) is 6.61 Å². The van der Waals surface area contributed by atoms with Gasteiger partial charge >= 0.3 is 6.09 Å². The zero-order chi connectivity index (χ0) is 27.1. The molecule has 0 spiro atoms. The molecule has 1 aromatic heterocycles. The van der Waals surface area contributed by atoms with Crippen molar-refractivity contribution >= 4 is 24.2 Å². The summed E-state index contributed by atoms with van der Waals surface area (Å²) >= 11 is 5.49. The fourth-order valence-electron chi connectivity index (χ4n) is 3.52. The molecule has 2 aromatic carbocycles. The molecule has 37 heavy (non-hydrogen) atoms. The molecule has 0 fully saturated rings. The molecule has 3 N–H and O–H groups in total. The highest BCUT2D eigenvalue weighted by Gasteiger charge is 2.34. The molecular weight excluding hydrogens is 490 g/mol. The summed E-state index contributed by atoms with van der Waals surface area (Å²) in [6, 6.07) is 18.9. The molecule has 0 aliphatic carbocycles. The third kappa shape index (κ3) is 8.54. The van der Waals surface area contributed by atoms with Gasteiger partial charge in [0, 0.05) is 0 Å². The number of ether oxygens (including phenoxy) is 2. The highest BCUT2D eigenvalue weighted by Crippen LogP contribution is 2.17. The number of aromatic nitrogens is 3. The second kappa shape index (κ2) is 12.2. The summed E-state index contributed by atoms with van der Waals surface area (Å²) in [4.78, 5) is 25.7. The first-order valence-corrected chi connectivity index (χ1v) is 12.5.